The lowest BCUT2D eigenvalue weighted by molar-refractivity contribution is -0.137. The molecule has 0 bridgehead atoms. The maximum atomic E-state index is 12.6. The highest BCUT2D eigenvalue weighted by molar-refractivity contribution is 5.92. The van der Waals surface area contributed by atoms with Crippen molar-refractivity contribution in [1.82, 2.24) is 0 Å². The molecule has 3 aromatic carbocycles. The van der Waals surface area contributed by atoms with Crippen LogP contribution in [0.4, 0.5) is 0 Å². The maximum Gasteiger partial charge on any atom is 0.343 e. The van der Waals surface area contributed by atoms with Crippen LogP contribution in [0.3, 0.4) is 0 Å². The van der Waals surface area contributed by atoms with E-state index in [1.54, 1.807) is 73.7 Å². The van der Waals surface area contributed by atoms with E-state index in [0.29, 0.717) is 59.3 Å². The first kappa shape index (κ1) is 30.7. The molecule has 0 atom stereocenters. The highest BCUT2D eigenvalue weighted by Gasteiger charge is 2.14. The van der Waals surface area contributed by atoms with Crippen molar-refractivity contribution in [3.05, 3.63) is 109 Å². The quantitative estimate of drug-likeness (QED) is 0.0632. The van der Waals surface area contributed by atoms with Crippen LogP contribution in [-0.2, 0) is 9.53 Å². The fourth-order valence-electron chi connectivity index (χ4n) is 3.56. The summed E-state index contributed by atoms with van der Waals surface area (Å²) in [5.41, 5.74) is 1.36. The van der Waals surface area contributed by atoms with E-state index in [2.05, 4.69) is 13.2 Å². The molecule has 8 nitrogen and oxygen atoms in total. The summed E-state index contributed by atoms with van der Waals surface area (Å²) in [6.45, 7) is 9.97. The number of rotatable bonds is 16. The van der Waals surface area contributed by atoms with Gasteiger partial charge >= 0.3 is 17.9 Å². The van der Waals surface area contributed by atoms with Crippen molar-refractivity contribution in [2.75, 3.05) is 19.8 Å². The van der Waals surface area contributed by atoms with E-state index >= 15 is 0 Å². The minimum Gasteiger partial charge on any atom is -0.494 e. The monoisotopic (exact) mass is 558 g/mol. The van der Waals surface area contributed by atoms with Crippen LogP contribution in [0.2, 0.25) is 0 Å². The lowest BCUT2D eigenvalue weighted by atomic mass is 10.2. The molecule has 0 amide bonds. The normalized spacial score (nSPS) is 10.3. The molecule has 0 N–H and O–H groups in total. The predicted octanol–water partition coefficient (Wildman–Crippen LogP) is 6.67. The summed E-state index contributed by atoms with van der Waals surface area (Å²) in [6.07, 6.45) is 6.43. The molecule has 0 radical (unpaired) electrons. The topological polar surface area (TPSA) is 97.4 Å². The summed E-state index contributed by atoms with van der Waals surface area (Å²) in [7, 11) is 0. The van der Waals surface area contributed by atoms with Gasteiger partial charge in [-0.2, -0.15) is 0 Å². The number of carbonyl (C=O) groups is 3. The van der Waals surface area contributed by atoms with Crippen LogP contribution in [0.25, 0.3) is 0 Å². The molecule has 8 heteroatoms. The van der Waals surface area contributed by atoms with Crippen molar-refractivity contribution in [2.24, 2.45) is 0 Å². The fraction of sp³-hybridized carbons (Fsp3) is 0.242. The zero-order valence-corrected chi connectivity index (χ0v) is 23.1. The Morgan fingerprint density at radius 3 is 1.80 bits per heavy atom. The molecule has 3 aromatic rings. The largest absolute Gasteiger partial charge is 0.494 e. The molecule has 3 rings (SSSR count). The van der Waals surface area contributed by atoms with Gasteiger partial charge in [0.15, 0.2) is 0 Å². The van der Waals surface area contributed by atoms with Crippen molar-refractivity contribution >= 4 is 17.9 Å². The maximum absolute atomic E-state index is 12.6. The van der Waals surface area contributed by atoms with E-state index < -0.39 is 17.9 Å². The highest BCUT2D eigenvalue weighted by Crippen LogP contribution is 2.26. The Kier molecular flexibility index (Phi) is 12.2. The van der Waals surface area contributed by atoms with Crippen molar-refractivity contribution in [2.45, 2.75) is 32.6 Å². The smallest absolute Gasteiger partial charge is 0.343 e. The van der Waals surface area contributed by atoms with Crippen molar-refractivity contribution in [1.29, 1.82) is 0 Å². The number of allylic oxidation sites excluding steroid dienone is 1. The van der Waals surface area contributed by atoms with E-state index in [4.69, 9.17) is 23.7 Å². The SMILES string of the molecule is C=CCCCCOc1ccc(C(=O)Oc2ccc(OC(=O)c3ccc(OCCCOC(=O)C=C)cc3)cc2C)cc1. The van der Waals surface area contributed by atoms with Crippen molar-refractivity contribution in [3.63, 3.8) is 0 Å². The average molecular weight is 559 g/mol. The van der Waals surface area contributed by atoms with Gasteiger partial charge in [-0.05, 0) is 98.5 Å². The molecule has 41 heavy (non-hydrogen) atoms. The predicted molar refractivity (Wildman–Crippen MR) is 155 cm³/mol. The molecule has 0 aliphatic carbocycles. The molecule has 0 spiro atoms. The second kappa shape index (κ2) is 16.3. The third kappa shape index (κ3) is 10.3. The van der Waals surface area contributed by atoms with Crippen LogP contribution in [0, 0.1) is 6.92 Å². The van der Waals surface area contributed by atoms with Gasteiger partial charge < -0.3 is 23.7 Å². The van der Waals surface area contributed by atoms with Gasteiger partial charge in [-0.25, -0.2) is 14.4 Å². The van der Waals surface area contributed by atoms with E-state index in [1.807, 2.05) is 6.08 Å². The molecule has 0 unspecified atom stereocenters. The number of aryl methyl sites for hydroxylation is 1. The number of ether oxygens (including phenoxy) is 5. The summed E-state index contributed by atoms with van der Waals surface area (Å²) in [4.78, 5) is 36.2. The van der Waals surface area contributed by atoms with E-state index in [-0.39, 0.29) is 6.61 Å². The van der Waals surface area contributed by atoms with Crippen LogP contribution in [0.15, 0.2) is 92.0 Å². The molecule has 0 aromatic heterocycles. The number of hydrogen-bond donors (Lipinski definition) is 0. The van der Waals surface area contributed by atoms with E-state index in [9.17, 15) is 14.4 Å². The Bertz CT molecular complexity index is 1330. The van der Waals surface area contributed by atoms with Gasteiger partial charge in [0.25, 0.3) is 0 Å². The van der Waals surface area contributed by atoms with Crippen molar-refractivity contribution < 1.29 is 38.1 Å². The molecule has 0 heterocycles. The number of esters is 3. The average Bonchev–Trinajstić information content (AvgIpc) is 2.98. The van der Waals surface area contributed by atoms with Gasteiger partial charge in [-0.3, -0.25) is 0 Å². The van der Waals surface area contributed by atoms with Crippen molar-refractivity contribution in [3.8, 4) is 23.0 Å². The third-order valence-corrected chi connectivity index (χ3v) is 5.78. The van der Waals surface area contributed by atoms with Crippen LogP contribution in [-0.4, -0.2) is 37.7 Å². The zero-order valence-electron chi connectivity index (χ0n) is 23.1. The lowest BCUT2D eigenvalue weighted by Crippen LogP contribution is -2.11. The summed E-state index contributed by atoms with van der Waals surface area (Å²) in [5, 5.41) is 0. The van der Waals surface area contributed by atoms with Gasteiger partial charge in [-0.15, -0.1) is 6.58 Å². The Morgan fingerprint density at radius 1 is 0.683 bits per heavy atom. The zero-order chi connectivity index (χ0) is 29.5. The standard InChI is InChI=1S/C33H34O8/c1-4-6-7-8-20-37-27-16-12-26(13-17-27)33(36)41-30-19-18-29(23-24(30)3)40-32(35)25-10-14-28(15-11-25)38-21-9-22-39-31(34)5-2/h4-5,10-19,23H,1-2,6-9,20-22H2,3H3. The molecule has 0 fully saturated rings. The van der Waals surface area contributed by atoms with E-state index in [0.717, 1.165) is 25.3 Å². The molecule has 214 valence electrons. The van der Waals surface area contributed by atoms with Gasteiger partial charge in [-0.1, -0.05) is 12.7 Å². The number of hydrogen-bond acceptors (Lipinski definition) is 8. The van der Waals surface area contributed by atoms with Crippen LogP contribution < -0.4 is 18.9 Å². The minimum atomic E-state index is -0.542. The van der Waals surface area contributed by atoms with E-state index in [1.165, 1.54) is 0 Å². The summed E-state index contributed by atoms with van der Waals surface area (Å²) < 4.78 is 27.2. The molecular weight excluding hydrogens is 524 g/mol. The van der Waals surface area contributed by atoms with Gasteiger partial charge in [0.2, 0.25) is 0 Å². The fourth-order valence-corrected chi connectivity index (χ4v) is 3.56. The molecule has 0 saturated carbocycles. The van der Waals surface area contributed by atoms with Crippen LogP contribution in [0.5, 0.6) is 23.0 Å². The molecule has 0 aliphatic heterocycles. The van der Waals surface area contributed by atoms with Gasteiger partial charge in [0, 0.05) is 12.5 Å². The number of unbranched alkanes of at least 4 members (excludes halogenated alkanes) is 2. The summed E-state index contributed by atoms with van der Waals surface area (Å²) in [5.74, 6) is 0.412. The third-order valence-electron chi connectivity index (χ3n) is 5.78. The second-order valence-electron chi connectivity index (χ2n) is 8.96. The van der Waals surface area contributed by atoms with Gasteiger partial charge in [0.05, 0.1) is 30.9 Å². The second-order valence-corrected chi connectivity index (χ2v) is 8.96. The molecule has 0 saturated heterocycles. The molecular formula is C33H34O8. The first-order valence-electron chi connectivity index (χ1n) is 13.3. The minimum absolute atomic E-state index is 0.229. The number of benzene rings is 3. The summed E-state index contributed by atoms with van der Waals surface area (Å²) >= 11 is 0. The highest BCUT2D eigenvalue weighted by atomic mass is 16.5. The Balaban J connectivity index is 1.47. The van der Waals surface area contributed by atoms with Gasteiger partial charge in [0.1, 0.15) is 23.0 Å². The first-order chi connectivity index (χ1) is 19.9. The lowest BCUT2D eigenvalue weighted by Gasteiger charge is -2.11. The molecule has 0 aliphatic rings. The Morgan fingerprint density at radius 2 is 1.24 bits per heavy atom. The first-order valence-corrected chi connectivity index (χ1v) is 13.3. The van der Waals surface area contributed by atoms with Crippen LogP contribution in [0.1, 0.15) is 52.0 Å². The summed E-state index contributed by atoms with van der Waals surface area (Å²) in [6, 6.07) is 18.1. The number of carbonyl (C=O) groups excluding carboxylic acids is 3. The Hall–Kier alpha value is -4.85. The Labute approximate surface area is 240 Å². The van der Waals surface area contributed by atoms with Crippen LogP contribution >= 0.6 is 0 Å².